The predicted molar refractivity (Wildman–Crippen MR) is 56.5 cm³/mol. The standard InChI is InChI=1S/C12H20O3/c1-11(15,10(13)14)9-5-8-12(9)6-3-2-4-7-12/h9,15H,2-8H2,1H3,(H,13,14). The van der Waals surface area contributed by atoms with Crippen LogP contribution in [-0.2, 0) is 4.79 Å². The SMILES string of the molecule is CC(O)(C(=O)O)C1CCC12CCCCC2. The van der Waals surface area contributed by atoms with E-state index in [0.717, 1.165) is 25.7 Å². The lowest BCUT2D eigenvalue weighted by atomic mass is 9.50. The maximum atomic E-state index is 11.0. The zero-order valence-electron chi connectivity index (χ0n) is 9.33. The molecule has 2 aliphatic rings. The fourth-order valence-electron chi connectivity index (χ4n) is 3.58. The van der Waals surface area contributed by atoms with Crippen molar-refractivity contribution in [1.82, 2.24) is 0 Å². The minimum Gasteiger partial charge on any atom is -0.479 e. The zero-order chi connectivity index (χ0) is 11.1. The number of aliphatic hydroxyl groups is 1. The number of hydrogen-bond acceptors (Lipinski definition) is 2. The zero-order valence-corrected chi connectivity index (χ0v) is 9.33. The molecule has 0 aliphatic heterocycles. The van der Waals surface area contributed by atoms with E-state index in [9.17, 15) is 9.90 Å². The monoisotopic (exact) mass is 212 g/mol. The van der Waals surface area contributed by atoms with Gasteiger partial charge in [0.15, 0.2) is 5.60 Å². The van der Waals surface area contributed by atoms with Crippen molar-refractivity contribution in [2.24, 2.45) is 11.3 Å². The number of rotatable bonds is 2. The first-order valence-electron chi connectivity index (χ1n) is 5.95. The quantitative estimate of drug-likeness (QED) is 0.737. The molecular weight excluding hydrogens is 192 g/mol. The molecule has 0 aromatic heterocycles. The van der Waals surface area contributed by atoms with Gasteiger partial charge in [-0.3, -0.25) is 0 Å². The second kappa shape index (κ2) is 3.48. The van der Waals surface area contributed by atoms with Crippen molar-refractivity contribution < 1.29 is 15.0 Å². The van der Waals surface area contributed by atoms with Crippen LogP contribution >= 0.6 is 0 Å². The lowest BCUT2D eigenvalue weighted by molar-refractivity contribution is -0.185. The number of carbonyl (C=O) groups is 1. The van der Waals surface area contributed by atoms with Crippen LogP contribution in [0.1, 0.15) is 51.9 Å². The van der Waals surface area contributed by atoms with Crippen molar-refractivity contribution in [3.05, 3.63) is 0 Å². The van der Waals surface area contributed by atoms with E-state index < -0.39 is 11.6 Å². The average Bonchev–Trinajstić information content (AvgIpc) is 2.16. The molecule has 0 amide bonds. The van der Waals surface area contributed by atoms with Crippen LogP contribution in [0.15, 0.2) is 0 Å². The first kappa shape index (κ1) is 10.9. The van der Waals surface area contributed by atoms with E-state index in [4.69, 9.17) is 5.11 Å². The predicted octanol–water partition coefficient (Wildman–Crippen LogP) is 2.18. The first-order chi connectivity index (χ1) is 6.99. The Balaban J connectivity index is 2.13. The highest BCUT2D eigenvalue weighted by Crippen LogP contribution is 2.59. The van der Waals surface area contributed by atoms with Crippen molar-refractivity contribution in [2.45, 2.75) is 57.5 Å². The number of carboxylic acids is 1. The van der Waals surface area contributed by atoms with Gasteiger partial charge in [-0.05, 0) is 38.0 Å². The lowest BCUT2D eigenvalue weighted by Crippen LogP contribution is -2.57. The Morgan fingerprint density at radius 3 is 2.27 bits per heavy atom. The summed E-state index contributed by atoms with van der Waals surface area (Å²) in [5.74, 6) is -1.08. The second-order valence-electron chi connectivity index (χ2n) is 5.47. The second-order valence-corrected chi connectivity index (χ2v) is 5.47. The van der Waals surface area contributed by atoms with Crippen LogP contribution in [0.25, 0.3) is 0 Å². The van der Waals surface area contributed by atoms with Crippen LogP contribution in [0.4, 0.5) is 0 Å². The highest BCUT2D eigenvalue weighted by atomic mass is 16.4. The van der Waals surface area contributed by atoms with Crippen molar-refractivity contribution in [1.29, 1.82) is 0 Å². The maximum absolute atomic E-state index is 11.0. The van der Waals surface area contributed by atoms with E-state index in [2.05, 4.69) is 0 Å². The van der Waals surface area contributed by atoms with Crippen molar-refractivity contribution >= 4 is 5.97 Å². The Morgan fingerprint density at radius 1 is 1.27 bits per heavy atom. The Labute approximate surface area is 90.5 Å². The molecule has 1 spiro atoms. The van der Waals surface area contributed by atoms with Gasteiger partial charge in [0.1, 0.15) is 0 Å². The van der Waals surface area contributed by atoms with Gasteiger partial charge in [-0.2, -0.15) is 0 Å². The summed E-state index contributed by atoms with van der Waals surface area (Å²) in [6.45, 7) is 1.47. The molecule has 2 saturated carbocycles. The van der Waals surface area contributed by atoms with Gasteiger partial charge in [-0.1, -0.05) is 19.3 Å². The minimum absolute atomic E-state index is 0.0252. The van der Waals surface area contributed by atoms with E-state index in [1.807, 2.05) is 0 Å². The molecule has 0 saturated heterocycles. The molecule has 2 fully saturated rings. The van der Waals surface area contributed by atoms with Gasteiger partial charge < -0.3 is 10.2 Å². The summed E-state index contributed by atoms with van der Waals surface area (Å²) in [4.78, 5) is 11.0. The van der Waals surface area contributed by atoms with Crippen molar-refractivity contribution in [2.75, 3.05) is 0 Å². The van der Waals surface area contributed by atoms with Crippen LogP contribution in [0.5, 0.6) is 0 Å². The van der Waals surface area contributed by atoms with Gasteiger partial charge in [-0.25, -0.2) is 4.79 Å². The molecule has 2 unspecified atom stereocenters. The van der Waals surface area contributed by atoms with Gasteiger partial charge in [-0.15, -0.1) is 0 Å². The smallest absolute Gasteiger partial charge is 0.335 e. The number of carboxylic acid groups (broad SMARTS) is 1. The van der Waals surface area contributed by atoms with Gasteiger partial charge in [0, 0.05) is 5.92 Å². The van der Waals surface area contributed by atoms with Crippen LogP contribution in [0.2, 0.25) is 0 Å². The molecule has 0 bridgehead atoms. The third-order valence-electron chi connectivity index (χ3n) is 4.63. The Kier molecular flexibility index (Phi) is 2.53. The molecule has 0 aromatic rings. The van der Waals surface area contributed by atoms with E-state index in [1.54, 1.807) is 0 Å². The molecule has 2 aliphatic carbocycles. The van der Waals surface area contributed by atoms with Gasteiger partial charge in [0.2, 0.25) is 0 Å². The Bertz CT molecular complexity index is 264. The topological polar surface area (TPSA) is 57.5 Å². The van der Waals surface area contributed by atoms with Gasteiger partial charge >= 0.3 is 5.97 Å². The molecule has 3 heteroatoms. The van der Waals surface area contributed by atoms with Crippen LogP contribution in [0, 0.1) is 11.3 Å². The summed E-state index contributed by atoms with van der Waals surface area (Å²) in [6.07, 6.45) is 7.88. The third-order valence-corrected chi connectivity index (χ3v) is 4.63. The maximum Gasteiger partial charge on any atom is 0.335 e. The third kappa shape index (κ3) is 1.57. The summed E-state index contributed by atoms with van der Waals surface area (Å²) in [5, 5.41) is 19.1. The van der Waals surface area contributed by atoms with E-state index in [-0.39, 0.29) is 11.3 Å². The van der Waals surface area contributed by atoms with Gasteiger partial charge in [0.05, 0.1) is 0 Å². The molecular formula is C12H20O3. The molecule has 3 nitrogen and oxygen atoms in total. The lowest BCUT2D eigenvalue weighted by Gasteiger charge is -2.56. The van der Waals surface area contributed by atoms with E-state index in [0.29, 0.717) is 0 Å². The number of aliphatic carboxylic acids is 1. The summed E-state index contributed by atoms with van der Waals surface area (Å²) in [5.41, 5.74) is -1.37. The van der Waals surface area contributed by atoms with Crippen LogP contribution < -0.4 is 0 Å². The van der Waals surface area contributed by atoms with E-state index in [1.165, 1.54) is 26.2 Å². The summed E-state index contributed by atoms with van der Waals surface area (Å²) in [7, 11) is 0. The molecule has 0 radical (unpaired) electrons. The highest BCUT2D eigenvalue weighted by molar-refractivity contribution is 5.77. The first-order valence-corrected chi connectivity index (χ1v) is 5.95. The summed E-state index contributed by atoms with van der Waals surface area (Å²) < 4.78 is 0. The van der Waals surface area contributed by atoms with Crippen LogP contribution in [0.3, 0.4) is 0 Å². The fourth-order valence-corrected chi connectivity index (χ4v) is 3.58. The molecule has 0 heterocycles. The fraction of sp³-hybridized carbons (Fsp3) is 0.917. The van der Waals surface area contributed by atoms with Crippen LogP contribution in [-0.4, -0.2) is 21.8 Å². The summed E-state index contributed by atoms with van der Waals surface area (Å²) >= 11 is 0. The van der Waals surface area contributed by atoms with Gasteiger partial charge in [0.25, 0.3) is 0 Å². The molecule has 0 aromatic carbocycles. The molecule has 2 rings (SSSR count). The normalized spacial score (nSPS) is 33.1. The molecule has 2 atom stereocenters. The highest BCUT2D eigenvalue weighted by Gasteiger charge is 2.57. The van der Waals surface area contributed by atoms with E-state index >= 15 is 0 Å². The largest absolute Gasteiger partial charge is 0.479 e. The van der Waals surface area contributed by atoms with Crippen molar-refractivity contribution in [3.63, 3.8) is 0 Å². The molecule has 2 N–H and O–H groups in total. The molecule has 86 valence electrons. The average molecular weight is 212 g/mol. The molecule has 15 heavy (non-hydrogen) atoms. The minimum atomic E-state index is -1.52. The Morgan fingerprint density at radius 2 is 1.87 bits per heavy atom. The van der Waals surface area contributed by atoms with Crippen molar-refractivity contribution in [3.8, 4) is 0 Å². The number of hydrogen-bond donors (Lipinski definition) is 2. The summed E-state index contributed by atoms with van der Waals surface area (Å²) in [6, 6.07) is 0. The Hall–Kier alpha value is -0.570.